The molecule has 2 aromatic carbocycles. The second-order valence-electron chi connectivity index (χ2n) is 5.69. The van der Waals surface area contributed by atoms with Gasteiger partial charge in [-0.15, -0.1) is 0 Å². The van der Waals surface area contributed by atoms with Crippen molar-refractivity contribution in [3.63, 3.8) is 0 Å². The smallest absolute Gasteiger partial charge is 0.268 e. The number of hydrogen-bond acceptors (Lipinski definition) is 3. The van der Waals surface area contributed by atoms with Crippen LogP contribution in [0.2, 0.25) is 0 Å². The first-order chi connectivity index (χ1) is 11.6. The summed E-state index contributed by atoms with van der Waals surface area (Å²) in [6.07, 6.45) is 0. The molecule has 0 radical (unpaired) electrons. The molecule has 6 heteroatoms. The number of hydrogen-bond donors (Lipinski definition) is 2. The number of aromatic amines is 1. The summed E-state index contributed by atoms with van der Waals surface area (Å²) in [5.74, 6) is 0.815. The van der Waals surface area contributed by atoms with E-state index in [1.54, 1.807) is 6.07 Å². The molecule has 0 atom stereocenters. The van der Waals surface area contributed by atoms with Crippen LogP contribution < -0.4 is 14.8 Å². The standard InChI is InChI=1S/C18H15FN2O3/c1-10-13-4-3-12(19)7-14(13)21-17(10)18(22)20-8-11-2-5-15-16(6-11)24-9-23-15/h2-7,21H,8-9H2,1H3,(H,20,22). The van der Waals surface area contributed by atoms with Crippen LogP contribution in [0.15, 0.2) is 36.4 Å². The second-order valence-corrected chi connectivity index (χ2v) is 5.69. The van der Waals surface area contributed by atoms with Crippen molar-refractivity contribution in [2.24, 2.45) is 0 Å². The van der Waals surface area contributed by atoms with Gasteiger partial charge in [-0.25, -0.2) is 4.39 Å². The highest BCUT2D eigenvalue weighted by Gasteiger charge is 2.16. The van der Waals surface area contributed by atoms with E-state index >= 15 is 0 Å². The van der Waals surface area contributed by atoms with Crippen LogP contribution in [0.4, 0.5) is 4.39 Å². The number of fused-ring (bicyclic) bond motifs is 2. The van der Waals surface area contributed by atoms with Gasteiger partial charge >= 0.3 is 0 Å². The van der Waals surface area contributed by atoms with Gasteiger partial charge in [0.1, 0.15) is 11.5 Å². The van der Waals surface area contributed by atoms with Gasteiger partial charge in [-0.05, 0) is 48.4 Å². The Balaban J connectivity index is 1.53. The average Bonchev–Trinajstić information content (AvgIpc) is 3.16. The maximum absolute atomic E-state index is 13.3. The first-order valence-electron chi connectivity index (χ1n) is 7.56. The second kappa shape index (κ2) is 5.56. The molecule has 0 aliphatic carbocycles. The topological polar surface area (TPSA) is 63.4 Å². The van der Waals surface area contributed by atoms with Crippen molar-refractivity contribution in [1.82, 2.24) is 10.3 Å². The van der Waals surface area contributed by atoms with Crippen LogP contribution in [0.25, 0.3) is 10.9 Å². The molecule has 0 unspecified atom stereocenters. The van der Waals surface area contributed by atoms with Crippen molar-refractivity contribution in [3.05, 3.63) is 59.0 Å². The minimum absolute atomic E-state index is 0.218. The number of aromatic nitrogens is 1. The number of rotatable bonds is 3. The highest BCUT2D eigenvalue weighted by molar-refractivity contribution is 6.00. The third-order valence-electron chi connectivity index (χ3n) is 4.14. The van der Waals surface area contributed by atoms with Crippen molar-refractivity contribution in [3.8, 4) is 11.5 Å². The molecule has 5 nitrogen and oxygen atoms in total. The lowest BCUT2D eigenvalue weighted by atomic mass is 10.1. The van der Waals surface area contributed by atoms with E-state index in [9.17, 15) is 9.18 Å². The fourth-order valence-corrected chi connectivity index (χ4v) is 2.86. The van der Waals surface area contributed by atoms with Gasteiger partial charge in [-0.3, -0.25) is 4.79 Å². The first kappa shape index (κ1) is 14.6. The summed E-state index contributed by atoms with van der Waals surface area (Å²) in [6.45, 7) is 2.42. The van der Waals surface area contributed by atoms with E-state index in [2.05, 4.69) is 10.3 Å². The van der Waals surface area contributed by atoms with Crippen molar-refractivity contribution in [1.29, 1.82) is 0 Å². The van der Waals surface area contributed by atoms with E-state index in [-0.39, 0.29) is 18.5 Å². The Kier molecular flexibility index (Phi) is 3.37. The maximum atomic E-state index is 13.3. The molecule has 4 rings (SSSR count). The lowest BCUT2D eigenvalue weighted by Crippen LogP contribution is -2.23. The number of carbonyl (C=O) groups excluding carboxylic acids is 1. The Bertz CT molecular complexity index is 949. The predicted octanol–water partition coefficient (Wildman–Crippen LogP) is 3.27. The van der Waals surface area contributed by atoms with Crippen LogP contribution >= 0.6 is 0 Å². The van der Waals surface area contributed by atoms with Crippen molar-refractivity contribution in [2.45, 2.75) is 13.5 Å². The minimum Gasteiger partial charge on any atom is -0.454 e. The summed E-state index contributed by atoms with van der Waals surface area (Å²) in [6, 6.07) is 9.98. The zero-order chi connectivity index (χ0) is 16.7. The average molecular weight is 326 g/mol. The first-order valence-corrected chi connectivity index (χ1v) is 7.56. The number of H-pyrrole nitrogens is 1. The molecular weight excluding hydrogens is 311 g/mol. The van der Waals surface area contributed by atoms with Gasteiger partial charge in [0.25, 0.3) is 5.91 Å². The molecule has 1 aromatic heterocycles. The van der Waals surface area contributed by atoms with Gasteiger partial charge in [0, 0.05) is 17.4 Å². The molecule has 0 saturated heterocycles. The summed E-state index contributed by atoms with van der Waals surface area (Å²) in [4.78, 5) is 15.4. The van der Waals surface area contributed by atoms with Crippen LogP contribution in [0, 0.1) is 12.7 Å². The van der Waals surface area contributed by atoms with Gasteiger partial charge in [-0.1, -0.05) is 6.07 Å². The van der Waals surface area contributed by atoms with E-state index in [0.717, 1.165) is 16.5 Å². The Morgan fingerprint density at radius 1 is 1.21 bits per heavy atom. The van der Waals surface area contributed by atoms with Crippen molar-refractivity contribution < 1.29 is 18.7 Å². The van der Waals surface area contributed by atoms with E-state index in [1.165, 1.54) is 12.1 Å². The number of nitrogens with one attached hydrogen (secondary N) is 2. The number of carbonyl (C=O) groups is 1. The van der Waals surface area contributed by atoms with Gasteiger partial charge < -0.3 is 19.8 Å². The van der Waals surface area contributed by atoms with Crippen molar-refractivity contribution >= 4 is 16.8 Å². The highest BCUT2D eigenvalue weighted by atomic mass is 19.1. The normalized spacial score (nSPS) is 12.6. The maximum Gasteiger partial charge on any atom is 0.268 e. The zero-order valence-electron chi connectivity index (χ0n) is 13.0. The third-order valence-corrected chi connectivity index (χ3v) is 4.14. The van der Waals surface area contributed by atoms with E-state index < -0.39 is 0 Å². The summed E-state index contributed by atoms with van der Waals surface area (Å²) < 4.78 is 23.9. The van der Waals surface area contributed by atoms with Gasteiger partial charge in [-0.2, -0.15) is 0 Å². The van der Waals surface area contributed by atoms with E-state index in [0.29, 0.717) is 29.3 Å². The molecule has 122 valence electrons. The molecule has 24 heavy (non-hydrogen) atoms. The van der Waals surface area contributed by atoms with E-state index in [1.807, 2.05) is 25.1 Å². The third kappa shape index (κ3) is 2.46. The van der Waals surface area contributed by atoms with E-state index in [4.69, 9.17) is 9.47 Å². The van der Waals surface area contributed by atoms with Crippen LogP contribution in [0.1, 0.15) is 21.6 Å². The number of amides is 1. The van der Waals surface area contributed by atoms with Crippen LogP contribution in [-0.4, -0.2) is 17.7 Å². The molecule has 2 N–H and O–H groups in total. The molecule has 0 fully saturated rings. The Labute approximate surface area is 137 Å². The summed E-state index contributed by atoms with van der Waals surface area (Å²) >= 11 is 0. The van der Waals surface area contributed by atoms with Crippen LogP contribution in [-0.2, 0) is 6.54 Å². The lowest BCUT2D eigenvalue weighted by molar-refractivity contribution is 0.0946. The SMILES string of the molecule is Cc1c(C(=O)NCc2ccc3c(c2)OCO3)[nH]c2cc(F)ccc12. The fourth-order valence-electron chi connectivity index (χ4n) is 2.86. The molecule has 0 saturated carbocycles. The van der Waals surface area contributed by atoms with Crippen molar-refractivity contribution in [2.75, 3.05) is 6.79 Å². The fraction of sp³-hybridized carbons (Fsp3) is 0.167. The van der Waals surface area contributed by atoms with Gasteiger partial charge in [0.15, 0.2) is 11.5 Å². The monoisotopic (exact) mass is 326 g/mol. The zero-order valence-corrected chi connectivity index (χ0v) is 13.0. The Morgan fingerprint density at radius 3 is 2.92 bits per heavy atom. The molecule has 2 heterocycles. The van der Waals surface area contributed by atoms with Crippen LogP contribution in [0.3, 0.4) is 0 Å². The largest absolute Gasteiger partial charge is 0.454 e. The summed E-state index contributed by atoms with van der Waals surface area (Å²) in [5, 5.41) is 3.70. The number of aryl methyl sites for hydroxylation is 1. The summed E-state index contributed by atoms with van der Waals surface area (Å²) in [7, 11) is 0. The Morgan fingerprint density at radius 2 is 2.04 bits per heavy atom. The van der Waals surface area contributed by atoms with Gasteiger partial charge in [0.2, 0.25) is 6.79 Å². The molecule has 3 aromatic rings. The number of ether oxygens (including phenoxy) is 2. The molecule has 0 bridgehead atoms. The quantitative estimate of drug-likeness (QED) is 0.776. The molecular formula is C18H15FN2O3. The predicted molar refractivity (Wildman–Crippen MR) is 86.7 cm³/mol. The lowest BCUT2D eigenvalue weighted by Gasteiger charge is -2.06. The van der Waals surface area contributed by atoms with Gasteiger partial charge in [0.05, 0.1) is 0 Å². The highest BCUT2D eigenvalue weighted by Crippen LogP contribution is 2.32. The number of halogens is 1. The number of benzene rings is 2. The molecule has 1 aliphatic heterocycles. The summed E-state index contributed by atoms with van der Waals surface area (Å²) in [5.41, 5.74) is 2.76. The molecule has 1 amide bonds. The van der Waals surface area contributed by atoms with Crippen LogP contribution in [0.5, 0.6) is 11.5 Å². The minimum atomic E-state index is -0.337. The molecule has 1 aliphatic rings. The Hall–Kier alpha value is -3.02. The molecule has 0 spiro atoms.